The van der Waals surface area contributed by atoms with Crippen LogP contribution in [-0.4, -0.2) is 30.2 Å². The Kier molecular flexibility index (Phi) is 4.26. The zero-order valence-electron chi connectivity index (χ0n) is 12.7. The SMILES string of the molecule is CCCCCCc1cn(-c2ccc([N+](=O)[O-])c3nonc23)nn1. The summed E-state index contributed by atoms with van der Waals surface area (Å²) in [6, 6.07) is 2.94. The van der Waals surface area contributed by atoms with Gasteiger partial charge in [0.1, 0.15) is 0 Å². The fourth-order valence-corrected chi connectivity index (χ4v) is 2.44. The molecule has 0 unspecified atom stereocenters. The van der Waals surface area contributed by atoms with Crippen LogP contribution in [0.4, 0.5) is 5.69 Å². The zero-order chi connectivity index (χ0) is 16.2. The molecule has 0 N–H and O–H groups in total. The van der Waals surface area contributed by atoms with Crippen molar-refractivity contribution < 1.29 is 9.55 Å². The fourth-order valence-electron chi connectivity index (χ4n) is 2.44. The van der Waals surface area contributed by atoms with E-state index < -0.39 is 4.92 Å². The summed E-state index contributed by atoms with van der Waals surface area (Å²) in [5.41, 5.74) is 1.68. The first kappa shape index (κ1) is 15.1. The van der Waals surface area contributed by atoms with Crippen LogP contribution in [0.3, 0.4) is 0 Å². The lowest BCUT2D eigenvalue weighted by Gasteiger charge is -2.00. The number of aromatic nitrogens is 5. The van der Waals surface area contributed by atoms with Gasteiger partial charge in [-0.05, 0) is 29.2 Å². The molecule has 120 valence electrons. The molecule has 0 aliphatic heterocycles. The van der Waals surface area contributed by atoms with Crippen molar-refractivity contribution >= 4 is 16.7 Å². The fraction of sp³-hybridized carbons (Fsp3) is 0.429. The average molecular weight is 316 g/mol. The molecule has 0 aliphatic rings. The van der Waals surface area contributed by atoms with Crippen LogP contribution in [0, 0.1) is 10.1 Å². The standard InChI is InChI=1S/C14H16N6O3/c1-2-3-4-5-6-10-9-19(18-15-10)11-7-8-12(20(21)22)14-13(11)16-23-17-14/h7-9H,2-6H2,1H3. The second-order valence-electron chi connectivity index (χ2n) is 5.29. The predicted molar refractivity (Wildman–Crippen MR) is 81.2 cm³/mol. The van der Waals surface area contributed by atoms with Crippen LogP contribution in [0.15, 0.2) is 23.0 Å². The number of nitrogens with zero attached hydrogens (tertiary/aromatic N) is 6. The van der Waals surface area contributed by atoms with Gasteiger partial charge in [-0.1, -0.05) is 31.4 Å². The van der Waals surface area contributed by atoms with Crippen LogP contribution >= 0.6 is 0 Å². The first-order chi connectivity index (χ1) is 11.2. The second-order valence-corrected chi connectivity index (χ2v) is 5.29. The molecule has 2 aromatic heterocycles. The molecule has 9 heteroatoms. The Balaban J connectivity index is 1.86. The van der Waals surface area contributed by atoms with E-state index >= 15 is 0 Å². The second kappa shape index (κ2) is 6.51. The van der Waals surface area contributed by atoms with Gasteiger partial charge in [0.15, 0.2) is 5.52 Å². The van der Waals surface area contributed by atoms with Crippen LogP contribution in [0.1, 0.15) is 38.3 Å². The minimum absolute atomic E-state index is 0.104. The Morgan fingerprint density at radius 2 is 2.04 bits per heavy atom. The van der Waals surface area contributed by atoms with Gasteiger partial charge >= 0.3 is 5.69 Å². The van der Waals surface area contributed by atoms with E-state index in [9.17, 15) is 10.1 Å². The van der Waals surface area contributed by atoms with Crippen LogP contribution in [-0.2, 0) is 6.42 Å². The molecule has 0 bridgehead atoms. The van der Waals surface area contributed by atoms with E-state index in [4.69, 9.17) is 0 Å². The first-order valence-corrected chi connectivity index (χ1v) is 7.52. The molecule has 0 fully saturated rings. The Labute approximate surface area is 131 Å². The van der Waals surface area contributed by atoms with Crippen LogP contribution in [0.2, 0.25) is 0 Å². The number of fused-ring (bicyclic) bond motifs is 1. The molecule has 2 heterocycles. The number of hydrogen-bond acceptors (Lipinski definition) is 7. The molecular formula is C14H16N6O3. The number of nitro groups is 1. The van der Waals surface area contributed by atoms with E-state index in [1.54, 1.807) is 16.9 Å². The highest BCUT2D eigenvalue weighted by atomic mass is 16.6. The van der Waals surface area contributed by atoms with Gasteiger partial charge in [-0.2, -0.15) is 0 Å². The highest BCUT2D eigenvalue weighted by Gasteiger charge is 2.21. The maximum Gasteiger partial charge on any atom is 0.300 e. The van der Waals surface area contributed by atoms with Crippen molar-refractivity contribution in [3.8, 4) is 5.69 Å². The number of benzene rings is 1. The van der Waals surface area contributed by atoms with Crippen molar-refractivity contribution in [2.45, 2.75) is 39.0 Å². The van der Waals surface area contributed by atoms with Gasteiger partial charge in [0.2, 0.25) is 5.52 Å². The van der Waals surface area contributed by atoms with Gasteiger partial charge in [0.05, 0.1) is 22.5 Å². The third kappa shape index (κ3) is 3.03. The molecule has 3 aromatic rings. The Morgan fingerprint density at radius 1 is 1.22 bits per heavy atom. The van der Waals surface area contributed by atoms with Gasteiger partial charge in [-0.3, -0.25) is 10.1 Å². The summed E-state index contributed by atoms with van der Waals surface area (Å²) < 4.78 is 6.20. The maximum atomic E-state index is 11.0. The van der Waals surface area contributed by atoms with Crippen molar-refractivity contribution in [3.05, 3.63) is 34.1 Å². The zero-order valence-corrected chi connectivity index (χ0v) is 12.7. The highest BCUT2D eigenvalue weighted by Crippen LogP contribution is 2.27. The van der Waals surface area contributed by atoms with E-state index in [-0.39, 0.29) is 11.2 Å². The first-order valence-electron chi connectivity index (χ1n) is 7.52. The molecule has 0 saturated carbocycles. The third-order valence-corrected chi connectivity index (χ3v) is 3.64. The third-order valence-electron chi connectivity index (χ3n) is 3.64. The Bertz CT molecular complexity index is 825. The summed E-state index contributed by atoms with van der Waals surface area (Å²) >= 11 is 0. The van der Waals surface area contributed by atoms with E-state index in [1.165, 1.54) is 25.3 Å². The van der Waals surface area contributed by atoms with E-state index in [0.29, 0.717) is 11.2 Å². The normalized spacial score (nSPS) is 11.2. The van der Waals surface area contributed by atoms with Gasteiger partial charge < -0.3 is 0 Å². The molecule has 0 spiro atoms. The molecule has 1 aromatic carbocycles. The summed E-state index contributed by atoms with van der Waals surface area (Å²) in [5, 5.41) is 26.6. The average Bonchev–Trinajstić information content (AvgIpc) is 3.19. The molecule has 3 rings (SSSR count). The van der Waals surface area contributed by atoms with Gasteiger partial charge in [0, 0.05) is 6.07 Å². The number of rotatable bonds is 7. The molecule has 0 amide bonds. The van der Waals surface area contributed by atoms with Crippen LogP contribution in [0.25, 0.3) is 16.7 Å². The van der Waals surface area contributed by atoms with Gasteiger partial charge in [0.25, 0.3) is 0 Å². The van der Waals surface area contributed by atoms with Crippen molar-refractivity contribution in [3.63, 3.8) is 0 Å². The van der Waals surface area contributed by atoms with E-state index in [0.717, 1.165) is 18.5 Å². The summed E-state index contributed by atoms with van der Waals surface area (Å²) in [7, 11) is 0. The summed E-state index contributed by atoms with van der Waals surface area (Å²) in [5.74, 6) is 0. The molecule has 0 aliphatic carbocycles. The number of unbranched alkanes of at least 4 members (excludes halogenated alkanes) is 3. The monoisotopic (exact) mass is 316 g/mol. The van der Waals surface area contributed by atoms with Crippen molar-refractivity contribution in [2.75, 3.05) is 0 Å². The summed E-state index contributed by atoms with van der Waals surface area (Å²) in [6.45, 7) is 2.17. The highest BCUT2D eigenvalue weighted by molar-refractivity contribution is 5.89. The summed E-state index contributed by atoms with van der Waals surface area (Å²) in [4.78, 5) is 10.5. The molecule has 0 atom stereocenters. The largest absolute Gasteiger partial charge is 0.300 e. The number of hydrogen-bond donors (Lipinski definition) is 0. The lowest BCUT2D eigenvalue weighted by Crippen LogP contribution is -1.98. The van der Waals surface area contributed by atoms with E-state index in [2.05, 4.69) is 32.2 Å². The van der Waals surface area contributed by atoms with Crippen molar-refractivity contribution in [2.24, 2.45) is 0 Å². The quantitative estimate of drug-likeness (QED) is 0.374. The van der Waals surface area contributed by atoms with Crippen molar-refractivity contribution in [1.29, 1.82) is 0 Å². The predicted octanol–water partition coefficient (Wildman–Crippen LogP) is 2.83. The minimum Gasteiger partial charge on any atom is -0.258 e. The smallest absolute Gasteiger partial charge is 0.258 e. The molecule has 0 radical (unpaired) electrons. The van der Waals surface area contributed by atoms with E-state index in [1.807, 2.05) is 0 Å². The molecular weight excluding hydrogens is 300 g/mol. The van der Waals surface area contributed by atoms with Gasteiger partial charge in [-0.15, -0.1) is 5.10 Å². The lowest BCUT2D eigenvalue weighted by molar-refractivity contribution is -0.383. The topological polar surface area (TPSA) is 113 Å². The number of nitro benzene ring substituents is 1. The number of non-ortho nitro benzene ring substituents is 1. The van der Waals surface area contributed by atoms with Gasteiger partial charge in [-0.25, -0.2) is 9.31 Å². The molecule has 0 saturated heterocycles. The summed E-state index contributed by atoms with van der Waals surface area (Å²) in [6.07, 6.45) is 7.29. The minimum atomic E-state index is -0.517. The Morgan fingerprint density at radius 3 is 2.83 bits per heavy atom. The maximum absolute atomic E-state index is 11.0. The number of aryl methyl sites for hydroxylation is 1. The van der Waals surface area contributed by atoms with Crippen LogP contribution < -0.4 is 0 Å². The Hall–Kier alpha value is -2.84. The molecule has 9 nitrogen and oxygen atoms in total. The van der Waals surface area contributed by atoms with Crippen LogP contribution in [0.5, 0.6) is 0 Å². The molecule has 23 heavy (non-hydrogen) atoms. The van der Waals surface area contributed by atoms with Crippen molar-refractivity contribution in [1.82, 2.24) is 25.3 Å². The lowest BCUT2D eigenvalue weighted by atomic mass is 10.1.